The van der Waals surface area contributed by atoms with Crippen molar-refractivity contribution in [1.82, 2.24) is 9.88 Å². The molecule has 0 aromatic carbocycles. The number of furan rings is 1. The van der Waals surface area contributed by atoms with E-state index in [-0.39, 0.29) is 5.91 Å². The van der Waals surface area contributed by atoms with Gasteiger partial charge in [0.05, 0.1) is 23.7 Å². The Kier molecular flexibility index (Phi) is 3.87. The topological polar surface area (TPSA) is 61.6 Å². The number of nitrogens with zero attached hydrogens (tertiary/aromatic N) is 3. The number of aromatic nitrogens is 1. The summed E-state index contributed by atoms with van der Waals surface area (Å²) in [6, 6.07) is 5.43. The molecule has 0 unspecified atom stereocenters. The van der Waals surface area contributed by atoms with Crippen LogP contribution in [0.25, 0.3) is 0 Å². The number of pyridine rings is 1. The van der Waals surface area contributed by atoms with Crippen LogP contribution in [0.4, 0.5) is 11.5 Å². The average molecular weight is 286 g/mol. The second kappa shape index (κ2) is 5.97. The molecule has 0 atom stereocenters. The first-order valence-electron chi connectivity index (χ1n) is 6.95. The van der Waals surface area contributed by atoms with Crippen molar-refractivity contribution < 1.29 is 9.21 Å². The van der Waals surface area contributed by atoms with Gasteiger partial charge in [0.25, 0.3) is 5.91 Å². The van der Waals surface area contributed by atoms with E-state index in [9.17, 15) is 4.79 Å². The van der Waals surface area contributed by atoms with Crippen LogP contribution in [-0.2, 0) is 0 Å². The normalized spacial score (nSPS) is 16.0. The van der Waals surface area contributed by atoms with Crippen molar-refractivity contribution in [3.8, 4) is 0 Å². The summed E-state index contributed by atoms with van der Waals surface area (Å²) in [6.45, 7) is 4.11. The summed E-state index contributed by atoms with van der Waals surface area (Å²) < 4.78 is 4.89. The van der Waals surface area contributed by atoms with Crippen LogP contribution in [0, 0.1) is 0 Å². The van der Waals surface area contributed by atoms with Crippen molar-refractivity contribution in [3.05, 3.63) is 42.5 Å². The first kappa shape index (κ1) is 13.6. The van der Waals surface area contributed by atoms with Gasteiger partial charge in [-0.3, -0.25) is 4.79 Å². The predicted molar refractivity (Wildman–Crippen MR) is 80.6 cm³/mol. The second-order valence-electron chi connectivity index (χ2n) is 5.16. The van der Waals surface area contributed by atoms with Crippen molar-refractivity contribution in [1.29, 1.82) is 0 Å². The monoisotopic (exact) mass is 286 g/mol. The lowest BCUT2D eigenvalue weighted by atomic mass is 10.3. The maximum atomic E-state index is 11.9. The number of nitrogens with one attached hydrogen (secondary N) is 1. The first-order valence-corrected chi connectivity index (χ1v) is 6.95. The Bertz CT molecular complexity index is 587. The highest BCUT2D eigenvalue weighted by atomic mass is 16.3. The van der Waals surface area contributed by atoms with Gasteiger partial charge in [-0.05, 0) is 25.2 Å². The largest absolute Gasteiger partial charge is 0.472 e. The van der Waals surface area contributed by atoms with Gasteiger partial charge in [0, 0.05) is 26.2 Å². The molecule has 0 aliphatic carbocycles. The third-order valence-corrected chi connectivity index (χ3v) is 3.64. The Morgan fingerprint density at radius 2 is 2.05 bits per heavy atom. The molecule has 0 spiro atoms. The van der Waals surface area contributed by atoms with Crippen molar-refractivity contribution in [2.24, 2.45) is 0 Å². The Labute approximate surface area is 123 Å². The maximum Gasteiger partial charge on any atom is 0.260 e. The maximum absolute atomic E-state index is 11.9. The second-order valence-corrected chi connectivity index (χ2v) is 5.16. The highest BCUT2D eigenvalue weighted by Crippen LogP contribution is 2.17. The van der Waals surface area contributed by atoms with Crippen LogP contribution >= 0.6 is 0 Å². The SMILES string of the molecule is CN1CCN(c2ccc(NC(=O)c3ccoc3)nc2)CC1. The summed E-state index contributed by atoms with van der Waals surface area (Å²) in [6.07, 6.45) is 4.68. The molecule has 1 fully saturated rings. The first-order chi connectivity index (χ1) is 10.2. The molecule has 0 radical (unpaired) electrons. The molecule has 0 saturated carbocycles. The molecule has 0 bridgehead atoms. The molecule has 2 aromatic heterocycles. The fraction of sp³-hybridized carbons (Fsp3) is 0.333. The highest BCUT2D eigenvalue weighted by molar-refractivity contribution is 6.03. The van der Waals surface area contributed by atoms with Crippen molar-refractivity contribution in [2.75, 3.05) is 43.4 Å². The number of hydrogen-bond donors (Lipinski definition) is 1. The smallest absolute Gasteiger partial charge is 0.260 e. The quantitative estimate of drug-likeness (QED) is 0.930. The van der Waals surface area contributed by atoms with Crippen LogP contribution in [0.5, 0.6) is 0 Å². The van der Waals surface area contributed by atoms with Gasteiger partial charge in [-0.2, -0.15) is 0 Å². The van der Waals surface area contributed by atoms with Gasteiger partial charge in [0.15, 0.2) is 0 Å². The van der Waals surface area contributed by atoms with E-state index in [1.54, 1.807) is 12.3 Å². The van der Waals surface area contributed by atoms with E-state index >= 15 is 0 Å². The fourth-order valence-corrected chi connectivity index (χ4v) is 2.29. The zero-order valence-corrected chi connectivity index (χ0v) is 12.0. The zero-order chi connectivity index (χ0) is 14.7. The summed E-state index contributed by atoms with van der Waals surface area (Å²) in [7, 11) is 2.13. The molecule has 3 rings (SSSR count). The third-order valence-electron chi connectivity index (χ3n) is 3.64. The van der Waals surface area contributed by atoms with Crippen molar-refractivity contribution in [2.45, 2.75) is 0 Å². The standard InChI is InChI=1S/C15H18N4O2/c1-18-5-7-19(8-6-18)13-2-3-14(16-10-13)17-15(20)12-4-9-21-11-12/h2-4,9-11H,5-8H2,1H3,(H,16,17,20). The van der Waals surface area contributed by atoms with Crippen molar-refractivity contribution in [3.63, 3.8) is 0 Å². The van der Waals surface area contributed by atoms with Crippen molar-refractivity contribution >= 4 is 17.4 Å². The lowest BCUT2D eigenvalue weighted by Crippen LogP contribution is -2.44. The van der Waals surface area contributed by atoms with E-state index < -0.39 is 0 Å². The van der Waals surface area contributed by atoms with Gasteiger partial charge < -0.3 is 19.5 Å². The Balaban J connectivity index is 1.63. The minimum Gasteiger partial charge on any atom is -0.472 e. The van der Waals surface area contributed by atoms with Gasteiger partial charge >= 0.3 is 0 Å². The molecule has 1 amide bonds. The van der Waals surface area contributed by atoms with Gasteiger partial charge in [0.1, 0.15) is 12.1 Å². The summed E-state index contributed by atoms with van der Waals surface area (Å²) in [4.78, 5) is 20.8. The van der Waals surface area contributed by atoms with E-state index in [1.807, 2.05) is 12.1 Å². The van der Waals surface area contributed by atoms with E-state index in [0.717, 1.165) is 31.9 Å². The third kappa shape index (κ3) is 3.22. The summed E-state index contributed by atoms with van der Waals surface area (Å²) in [5, 5.41) is 2.74. The minimum atomic E-state index is -0.219. The number of hydrogen-bond acceptors (Lipinski definition) is 5. The minimum absolute atomic E-state index is 0.219. The number of amides is 1. The van der Waals surface area contributed by atoms with E-state index in [1.165, 1.54) is 12.5 Å². The molecule has 3 heterocycles. The van der Waals surface area contributed by atoms with Crippen LogP contribution in [-0.4, -0.2) is 49.0 Å². The Hall–Kier alpha value is -2.34. The molecule has 2 aromatic rings. The lowest BCUT2D eigenvalue weighted by Gasteiger charge is -2.33. The summed E-state index contributed by atoms with van der Waals surface area (Å²) in [5.74, 6) is 0.322. The number of anilines is 2. The van der Waals surface area contributed by atoms with E-state index in [2.05, 4.69) is 27.1 Å². The Morgan fingerprint density at radius 3 is 2.67 bits per heavy atom. The van der Waals surface area contributed by atoms with Gasteiger partial charge in [-0.15, -0.1) is 0 Å². The molecule has 1 saturated heterocycles. The van der Waals surface area contributed by atoms with Crippen LogP contribution in [0.3, 0.4) is 0 Å². The zero-order valence-electron chi connectivity index (χ0n) is 12.0. The van der Waals surface area contributed by atoms with E-state index in [0.29, 0.717) is 11.4 Å². The van der Waals surface area contributed by atoms with Crippen LogP contribution in [0.2, 0.25) is 0 Å². The fourth-order valence-electron chi connectivity index (χ4n) is 2.29. The Morgan fingerprint density at radius 1 is 1.24 bits per heavy atom. The van der Waals surface area contributed by atoms with E-state index in [4.69, 9.17) is 4.42 Å². The lowest BCUT2D eigenvalue weighted by molar-refractivity contribution is 0.102. The summed E-state index contributed by atoms with van der Waals surface area (Å²) >= 11 is 0. The predicted octanol–water partition coefficient (Wildman–Crippen LogP) is 1.68. The highest BCUT2D eigenvalue weighted by Gasteiger charge is 2.14. The molecular formula is C15H18N4O2. The van der Waals surface area contributed by atoms with Crippen LogP contribution < -0.4 is 10.2 Å². The summed E-state index contributed by atoms with van der Waals surface area (Å²) in [5.41, 5.74) is 1.57. The molecule has 21 heavy (non-hydrogen) atoms. The average Bonchev–Trinajstić information content (AvgIpc) is 3.03. The molecule has 1 aliphatic rings. The molecule has 1 aliphatic heterocycles. The number of carbonyl (C=O) groups excluding carboxylic acids is 1. The van der Waals surface area contributed by atoms with Crippen LogP contribution in [0.1, 0.15) is 10.4 Å². The number of carbonyl (C=O) groups is 1. The van der Waals surface area contributed by atoms with Gasteiger partial charge in [0.2, 0.25) is 0 Å². The number of piperazine rings is 1. The molecule has 6 heteroatoms. The number of likely N-dealkylation sites (N-methyl/N-ethyl adjacent to an activating group) is 1. The van der Waals surface area contributed by atoms with Gasteiger partial charge in [-0.25, -0.2) is 4.98 Å². The van der Waals surface area contributed by atoms with Crippen LogP contribution in [0.15, 0.2) is 41.3 Å². The van der Waals surface area contributed by atoms with Gasteiger partial charge in [-0.1, -0.05) is 0 Å². The number of rotatable bonds is 3. The molecule has 1 N–H and O–H groups in total. The molecule has 110 valence electrons. The molecule has 6 nitrogen and oxygen atoms in total. The molecular weight excluding hydrogens is 268 g/mol.